The van der Waals surface area contributed by atoms with Gasteiger partial charge in [-0.15, -0.1) is 17.0 Å². The third kappa shape index (κ3) is 5.61. The van der Waals surface area contributed by atoms with Crippen LogP contribution in [-0.2, 0) is 0 Å². The van der Waals surface area contributed by atoms with Crippen molar-refractivity contribution in [1.29, 1.82) is 0 Å². The SMILES string of the molecule is Br.BrCCCN1C=CN(CCCBr)C1. The zero-order chi connectivity index (χ0) is 9.52. The van der Waals surface area contributed by atoms with Crippen molar-refractivity contribution in [3.05, 3.63) is 12.4 Å². The summed E-state index contributed by atoms with van der Waals surface area (Å²) >= 11 is 6.89. The molecule has 0 saturated carbocycles. The van der Waals surface area contributed by atoms with Gasteiger partial charge in [0.1, 0.15) is 0 Å². The van der Waals surface area contributed by atoms with Crippen molar-refractivity contribution in [3.63, 3.8) is 0 Å². The van der Waals surface area contributed by atoms with Crippen LogP contribution in [0.25, 0.3) is 0 Å². The molecule has 84 valence electrons. The lowest BCUT2D eigenvalue weighted by Crippen LogP contribution is -2.27. The van der Waals surface area contributed by atoms with Crippen molar-refractivity contribution >= 4 is 48.8 Å². The van der Waals surface area contributed by atoms with E-state index in [1.807, 2.05) is 0 Å². The minimum absolute atomic E-state index is 0. The van der Waals surface area contributed by atoms with Crippen molar-refractivity contribution in [1.82, 2.24) is 9.80 Å². The Morgan fingerprint density at radius 2 is 1.36 bits per heavy atom. The highest BCUT2D eigenvalue weighted by atomic mass is 79.9. The Kier molecular flexibility index (Phi) is 9.54. The Balaban J connectivity index is 0.00000169. The Hall–Kier alpha value is 0.780. The minimum Gasteiger partial charge on any atom is -0.359 e. The van der Waals surface area contributed by atoms with Gasteiger partial charge in [-0.25, -0.2) is 0 Å². The van der Waals surface area contributed by atoms with Gasteiger partial charge in [0.25, 0.3) is 0 Å². The van der Waals surface area contributed by atoms with Crippen LogP contribution in [-0.4, -0.2) is 40.2 Å². The molecule has 5 heteroatoms. The molecule has 0 aromatic heterocycles. The molecular formula is C9H17Br3N2. The van der Waals surface area contributed by atoms with Crippen LogP contribution in [0.2, 0.25) is 0 Å². The third-order valence-electron chi connectivity index (χ3n) is 2.01. The summed E-state index contributed by atoms with van der Waals surface area (Å²) in [5, 5.41) is 2.19. The smallest absolute Gasteiger partial charge is 0.0893 e. The second kappa shape index (κ2) is 9.04. The first kappa shape index (κ1) is 14.8. The van der Waals surface area contributed by atoms with E-state index in [-0.39, 0.29) is 17.0 Å². The van der Waals surface area contributed by atoms with Crippen molar-refractivity contribution < 1.29 is 0 Å². The van der Waals surface area contributed by atoms with E-state index in [1.165, 1.54) is 12.8 Å². The molecule has 0 aromatic carbocycles. The molecule has 0 unspecified atom stereocenters. The molecule has 14 heavy (non-hydrogen) atoms. The van der Waals surface area contributed by atoms with Gasteiger partial charge in [0.2, 0.25) is 0 Å². The van der Waals surface area contributed by atoms with E-state index >= 15 is 0 Å². The summed E-state index contributed by atoms with van der Waals surface area (Å²) in [6.45, 7) is 3.39. The lowest BCUT2D eigenvalue weighted by Gasteiger charge is -2.20. The van der Waals surface area contributed by atoms with Gasteiger partial charge in [-0.05, 0) is 12.8 Å². The van der Waals surface area contributed by atoms with Gasteiger partial charge in [-0.3, -0.25) is 0 Å². The maximum atomic E-state index is 3.44. The molecule has 2 nitrogen and oxygen atoms in total. The average Bonchev–Trinajstić information content (AvgIpc) is 2.59. The van der Waals surface area contributed by atoms with Crippen molar-refractivity contribution in [2.75, 3.05) is 30.4 Å². The molecule has 0 radical (unpaired) electrons. The summed E-state index contributed by atoms with van der Waals surface area (Å²) in [7, 11) is 0. The van der Waals surface area contributed by atoms with E-state index in [4.69, 9.17) is 0 Å². The maximum absolute atomic E-state index is 3.44. The van der Waals surface area contributed by atoms with Crippen LogP contribution >= 0.6 is 48.8 Å². The number of halogens is 3. The van der Waals surface area contributed by atoms with E-state index in [1.54, 1.807) is 0 Å². The number of rotatable bonds is 6. The highest BCUT2D eigenvalue weighted by Crippen LogP contribution is 2.08. The molecule has 1 rings (SSSR count). The average molecular weight is 393 g/mol. The molecule has 0 spiro atoms. The fourth-order valence-corrected chi connectivity index (χ4v) is 1.83. The van der Waals surface area contributed by atoms with Crippen LogP contribution in [0.1, 0.15) is 12.8 Å². The summed E-state index contributed by atoms with van der Waals surface area (Å²) in [6, 6.07) is 0. The van der Waals surface area contributed by atoms with Crippen LogP contribution in [0.4, 0.5) is 0 Å². The third-order valence-corrected chi connectivity index (χ3v) is 3.13. The highest BCUT2D eigenvalue weighted by molar-refractivity contribution is 9.09. The van der Waals surface area contributed by atoms with Gasteiger partial charge in [0.15, 0.2) is 0 Å². The summed E-state index contributed by atoms with van der Waals surface area (Å²) in [5.74, 6) is 0. The summed E-state index contributed by atoms with van der Waals surface area (Å²) < 4.78 is 0. The molecule has 0 N–H and O–H groups in total. The van der Waals surface area contributed by atoms with Gasteiger partial charge in [-0.2, -0.15) is 0 Å². The molecule has 0 aromatic rings. The lowest BCUT2D eigenvalue weighted by molar-refractivity contribution is 0.267. The quantitative estimate of drug-likeness (QED) is 0.640. The Labute approximate surface area is 114 Å². The molecule has 0 aliphatic carbocycles. The zero-order valence-corrected chi connectivity index (χ0v) is 13.0. The van der Waals surface area contributed by atoms with Gasteiger partial charge in [0, 0.05) is 36.1 Å². The van der Waals surface area contributed by atoms with Gasteiger partial charge < -0.3 is 9.80 Å². The van der Waals surface area contributed by atoms with E-state index in [2.05, 4.69) is 54.1 Å². The molecular weight excluding hydrogens is 376 g/mol. The number of alkyl halides is 2. The van der Waals surface area contributed by atoms with E-state index in [0.717, 1.165) is 30.4 Å². The van der Waals surface area contributed by atoms with E-state index < -0.39 is 0 Å². The van der Waals surface area contributed by atoms with Gasteiger partial charge in [-0.1, -0.05) is 31.9 Å². The van der Waals surface area contributed by atoms with Crippen LogP contribution in [0.3, 0.4) is 0 Å². The van der Waals surface area contributed by atoms with Crippen molar-refractivity contribution in [2.24, 2.45) is 0 Å². The fraction of sp³-hybridized carbons (Fsp3) is 0.778. The molecule has 0 amide bonds. The summed E-state index contributed by atoms with van der Waals surface area (Å²) in [5.41, 5.74) is 0. The number of hydrogen-bond acceptors (Lipinski definition) is 2. The van der Waals surface area contributed by atoms with Crippen LogP contribution < -0.4 is 0 Å². The molecule has 1 heterocycles. The zero-order valence-electron chi connectivity index (χ0n) is 8.16. The van der Waals surface area contributed by atoms with Crippen LogP contribution in [0.15, 0.2) is 12.4 Å². The Morgan fingerprint density at radius 3 is 1.71 bits per heavy atom. The Bertz CT molecular complexity index is 148. The standard InChI is InChI=1S/C9H16Br2N2.BrH/c10-3-1-5-12-7-8-13(9-12)6-2-4-11;/h7-8H,1-6,9H2;1H. The first-order chi connectivity index (χ1) is 6.36. The Morgan fingerprint density at radius 1 is 0.929 bits per heavy atom. The van der Waals surface area contributed by atoms with E-state index in [9.17, 15) is 0 Å². The maximum Gasteiger partial charge on any atom is 0.0893 e. The fourth-order valence-electron chi connectivity index (χ4n) is 1.33. The molecule has 0 saturated heterocycles. The predicted molar refractivity (Wildman–Crippen MR) is 74.6 cm³/mol. The topological polar surface area (TPSA) is 6.48 Å². The second-order valence-corrected chi connectivity index (χ2v) is 4.74. The molecule has 1 aliphatic heterocycles. The minimum atomic E-state index is 0. The molecule has 1 aliphatic rings. The van der Waals surface area contributed by atoms with Crippen LogP contribution in [0.5, 0.6) is 0 Å². The van der Waals surface area contributed by atoms with Crippen molar-refractivity contribution in [2.45, 2.75) is 12.8 Å². The molecule has 0 bridgehead atoms. The van der Waals surface area contributed by atoms with E-state index in [0.29, 0.717) is 0 Å². The van der Waals surface area contributed by atoms with Crippen LogP contribution in [0, 0.1) is 0 Å². The first-order valence-electron chi connectivity index (χ1n) is 4.65. The molecule has 0 fully saturated rings. The van der Waals surface area contributed by atoms with Gasteiger partial charge >= 0.3 is 0 Å². The molecule has 0 atom stereocenters. The highest BCUT2D eigenvalue weighted by Gasteiger charge is 2.10. The monoisotopic (exact) mass is 390 g/mol. The number of nitrogens with zero attached hydrogens (tertiary/aromatic N) is 2. The van der Waals surface area contributed by atoms with Gasteiger partial charge in [0.05, 0.1) is 6.67 Å². The predicted octanol–water partition coefficient (Wildman–Crippen LogP) is 3.18. The number of hydrogen-bond donors (Lipinski definition) is 0. The summed E-state index contributed by atoms with van der Waals surface area (Å²) in [6.07, 6.45) is 6.82. The largest absolute Gasteiger partial charge is 0.359 e. The van der Waals surface area contributed by atoms with Crippen molar-refractivity contribution in [3.8, 4) is 0 Å². The lowest BCUT2D eigenvalue weighted by atomic mass is 10.4. The first-order valence-corrected chi connectivity index (χ1v) is 6.89. The normalized spacial score (nSPS) is 14.7. The second-order valence-electron chi connectivity index (χ2n) is 3.15. The summed E-state index contributed by atoms with van der Waals surface area (Å²) in [4.78, 5) is 4.71.